The second kappa shape index (κ2) is 51.8. The Kier molecular flexibility index (Phi) is 50.5. The van der Waals surface area contributed by atoms with Crippen LogP contribution in [0.1, 0.15) is 330 Å². The quantitative estimate of drug-likeness (QED) is 0.0344. The van der Waals surface area contributed by atoms with E-state index in [-0.39, 0.29) is 31.1 Å². The van der Waals surface area contributed by atoms with Gasteiger partial charge in [0.15, 0.2) is 6.10 Å². The Morgan fingerprint density at radius 1 is 0.323 bits per heavy atom. The van der Waals surface area contributed by atoms with Crippen molar-refractivity contribution < 1.29 is 28.6 Å². The van der Waals surface area contributed by atoms with Crippen LogP contribution >= 0.6 is 0 Å². The zero-order chi connectivity index (χ0) is 47.5. The van der Waals surface area contributed by atoms with Crippen molar-refractivity contribution in [1.29, 1.82) is 0 Å². The summed E-state index contributed by atoms with van der Waals surface area (Å²) >= 11 is 0. The van der Waals surface area contributed by atoms with Crippen molar-refractivity contribution in [2.24, 2.45) is 11.8 Å². The molecule has 0 aromatic rings. The van der Waals surface area contributed by atoms with E-state index >= 15 is 0 Å². The number of ether oxygens (including phenoxy) is 3. The van der Waals surface area contributed by atoms with Gasteiger partial charge in [0.2, 0.25) is 0 Å². The molecule has 2 atom stereocenters. The van der Waals surface area contributed by atoms with Gasteiger partial charge >= 0.3 is 17.9 Å². The van der Waals surface area contributed by atoms with Gasteiger partial charge < -0.3 is 14.2 Å². The van der Waals surface area contributed by atoms with Crippen molar-refractivity contribution in [3.8, 4) is 0 Å². The normalized spacial score (nSPS) is 12.5. The summed E-state index contributed by atoms with van der Waals surface area (Å²) in [6, 6.07) is 0. The zero-order valence-corrected chi connectivity index (χ0v) is 44.6. The Bertz CT molecular complexity index is 995. The molecule has 386 valence electrons. The van der Waals surface area contributed by atoms with E-state index in [2.05, 4.69) is 34.6 Å². The van der Waals surface area contributed by atoms with E-state index in [0.717, 1.165) is 69.6 Å². The third-order valence-electron chi connectivity index (χ3n) is 13.8. The highest BCUT2D eigenvalue weighted by atomic mass is 16.6. The maximum absolute atomic E-state index is 12.9. The first-order valence-electron chi connectivity index (χ1n) is 29.3. The summed E-state index contributed by atoms with van der Waals surface area (Å²) in [5.74, 6) is 0.864. The average Bonchev–Trinajstić information content (AvgIpc) is 3.29. The minimum atomic E-state index is -0.762. The van der Waals surface area contributed by atoms with Crippen molar-refractivity contribution in [2.45, 2.75) is 336 Å². The predicted molar refractivity (Wildman–Crippen MR) is 280 cm³/mol. The highest BCUT2D eigenvalue weighted by molar-refractivity contribution is 5.71. The van der Waals surface area contributed by atoms with Gasteiger partial charge in [-0.25, -0.2) is 0 Å². The number of rotatable bonds is 53. The van der Waals surface area contributed by atoms with Crippen LogP contribution in [-0.4, -0.2) is 37.2 Å². The highest BCUT2D eigenvalue weighted by Crippen LogP contribution is 2.19. The molecule has 0 rings (SSSR count). The van der Waals surface area contributed by atoms with E-state index in [1.807, 2.05) is 0 Å². The maximum Gasteiger partial charge on any atom is 0.306 e. The molecule has 0 radical (unpaired) electrons. The van der Waals surface area contributed by atoms with Crippen LogP contribution in [0.2, 0.25) is 0 Å². The Balaban J connectivity index is 4.22. The smallest absolute Gasteiger partial charge is 0.306 e. The number of carbonyl (C=O) groups excluding carboxylic acids is 3. The molecule has 0 aliphatic carbocycles. The number of hydrogen-bond donors (Lipinski definition) is 0. The Labute approximate surface area is 406 Å². The van der Waals surface area contributed by atoms with Gasteiger partial charge in [-0.15, -0.1) is 0 Å². The lowest BCUT2D eigenvalue weighted by Crippen LogP contribution is -2.30. The van der Waals surface area contributed by atoms with Gasteiger partial charge in [0, 0.05) is 19.3 Å². The van der Waals surface area contributed by atoms with Gasteiger partial charge in [-0.1, -0.05) is 291 Å². The summed E-state index contributed by atoms with van der Waals surface area (Å²) in [4.78, 5) is 38.1. The van der Waals surface area contributed by atoms with Crippen LogP contribution in [-0.2, 0) is 28.6 Å². The molecule has 0 aliphatic rings. The van der Waals surface area contributed by atoms with E-state index < -0.39 is 6.10 Å². The monoisotopic (exact) mass is 919 g/mol. The molecule has 0 saturated carbocycles. The first kappa shape index (κ1) is 63.4. The molecular weight excluding hydrogens is 805 g/mol. The molecule has 0 spiro atoms. The van der Waals surface area contributed by atoms with Crippen LogP contribution in [0, 0.1) is 11.8 Å². The molecule has 0 bridgehead atoms. The van der Waals surface area contributed by atoms with E-state index in [1.165, 1.54) is 218 Å². The van der Waals surface area contributed by atoms with Crippen molar-refractivity contribution >= 4 is 17.9 Å². The van der Waals surface area contributed by atoms with E-state index in [1.54, 1.807) is 0 Å². The molecule has 0 amide bonds. The number of hydrogen-bond acceptors (Lipinski definition) is 6. The predicted octanol–water partition coefficient (Wildman–Crippen LogP) is 19.3. The second-order valence-electron chi connectivity index (χ2n) is 21.0. The zero-order valence-electron chi connectivity index (χ0n) is 44.6. The van der Waals surface area contributed by atoms with Gasteiger partial charge in [-0.05, 0) is 31.1 Å². The Morgan fingerprint density at radius 2 is 0.585 bits per heavy atom. The first-order valence-corrected chi connectivity index (χ1v) is 29.3. The fourth-order valence-electron chi connectivity index (χ4n) is 9.02. The van der Waals surface area contributed by atoms with Crippen molar-refractivity contribution in [2.75, 3.05) is 13.2 Å². The van der Waals surface area contributed by atoms with Gasteiger partial charge in [0.05, 0.1) is 0 Å². The summed E-state index contributed by atoms with van der Waals surface area (Å²) in [6.07, 6.45) is 55.3. The first-order chi connectivity index (χ1) is 31.8. The molecule has 6 nitrogen and oxygen atoms in total. The van der Waals surface area contributed by atoms with Crippen LogP contribution < -0.4 is 0 Å². The highest BCUT2D eigenvalue weighted by Gasteiger charge is 2.19. The molecule has 65 heavy (non-hydrogen) atoms. The van der Waals surface area contributed by atoms with Gasteiger partial charge in [0.1, 0.15) is 13.2 Å². The second-order valence-corrected chi connectivity index (χ2v) is 21.0. The standard InChI is InChI=1S/C59H114O6/c1-6-8-9-10-11-12-13-14-22-25-28-34-39-44-49-57(60)63-52-56(53-64-58(61)50-45-40-35-31-30-32-37-42-47-54(3)4)65-59(62)51-46-41-36-29-26-23-20-18-16-15-17-19-21-24-27-33-38-43-48-55(5)7-2/h54-56H,6-53H2,1-5H3/t55?,56-/m0/s1. The van der Waals surface area contributed by atoms with Crippen LogP contribution in [0.25, 0.3) is 0 Å². The third-order valence-corrected chi connectivity index (χ3v) is 13.8. The van der Waals surface area contributed by atoms with E-state index in [4.69, 9.17) is 14.2 Å². The molecule has 0 heterocycles. The molecule has 0 aromatic carbocycles. The van der Waals surface area contributed by atoms with E-state index in [0.29, 0.717) is 19.3 Å². The van der Waals surface area contributed by atoms with Crippen molar-refractivity contribution in [3.63, 3.8) is 0 Å². The number of unbranched alkanes of at least 4 members (excludes halogenated alkanes) is 37. The fourth-order valence-corrected chi connectivity index (χ4v) is 9.02. The molecule has 1 unspecified atom stereocenters. The molecule has 0 saturated heterocycles. The lowest BCUT2D eigenvalue weighted by molar-refractivity contribution is -0.167. The van der Waals surface area contributed by atoms with Gasteiger partial charge in [-0.3, -0.25) is 14.4 Å². The third kappa shape index (κ3) is 51.6. The average molecular weight is 920 g/mol. The lowest BCUT2D eigenvalue weighted by Gasteiger charge is -2.18. The minimum Gasteiger partial charge on any atom is -0.462 e. The fraction of sp³-hybridized carbons (Fsp3) is 0.949. The molecule has 0 N–H and O–H groups in total. The van der Waals surface area contributed by atoms with E-state index in [9.17, 15) is 14.4 Å². The summed E-state index contributed by atoms with van der Waals surface area (Å²) in [5, 5.41) is 0. The number of carbonyl (C=O) groups is 3. The molecule has 6 heteroatoms. The SMILES string of the molecule is CCCCCCCCCCCCCCCCC(=O)OC[C@@H](COC(=O)CCCCCCCCCCC(C)C)OC(=O)CCCCCCCCCCCCCCCCCCCCC(C)CC. The largest absolute Gasteiger partial charge is 0.462 e. The van der Waals surface area contributed by atoms with Crippen molar-refractivity contribution in [3.05, 3.63) is 0 Å². The van der Waals surface area contributed by atoms with Gasteiger partial charge in [0.25, 0.3) is 0 Å². The Hall–Kier alpha value is -1.59. The van der Waals surface area contributed by atoms with Crippen LogP contribution in [0.3, 0.4) is 0 Å². The molecule has 0 aromatic heterocycles. The summed E-state index contributed by atoms with van der Waals surface area (Å²) in [6.45, 7) is 11.4. The maximum atomic E-state index is 12.9. The van der Waals surface area contributed by atoms with Crippen LogP contribution in [0.5, 0.6) is 0 Å². The summed E-state index contributed by atoms with van der Waals surface area (Å²) in [5.41, 5.74) is 0. The van der Waals surface area contributed by atoms with Crippen LogP contribution in [0.4, 0.5) is 0 Å². The molecule has 0 aliphatic heterocycles. The number of esters is 3. The topological polar surface area (TPSA) is 78.9 Å². The van der Waals surface area contributed by atoms with Crippen molar-refractivity contribution in [1.82, 2.24) is 0 Å². The molecule has 0 fully saturated rings. The molecular formula is C59H114O6. The summed E-state index contributed by atoms with van der Waals surface area (Å²) in [7, 11) is 0. The Morgan fingerprint density at radius 3 is 0.877 bits per heavy atom. The van der Waals surface area contributed by atoms with Crippen LogP contribution in [0.15, 0.2) is 0 Å². The minimum absolute atomic E-state index is 0.0630. The van der Waals surface area contributed by atoms with Gasteiger partial charge in [-0.2, -0.15) is 0 Å². The lowest BCUT2D eigenvalue weighted by atomic mass is 9.99. The summed E-state index contributed by atoms with van der Waals surface area (Å²) < 4.78 is 16.9.